The second-order valence-corrected chi connectivity index (χ2v) is 6.25. The smallest absolute Gasteiger partial charge is 0.0361 e. The Labute approximate surface area is 119 Å². The summed E-state index contributed by atoms with van der Waals surface area (Å²) in [5.74, 6) is 0.791. The van der Waals surface area contributed by atoms with Gasteiger partial charge in [-0.1, -0.05) is 26.0 Å². The SMILES string of the molecule is CC(C)CCC(C)NC(C)c1ccc(N(C)C)cc1. The fourth-order valence-corrected chi connectivity index (χ4v) is 2.25. The number of nitrogens with zero attached hydrogens (tertiary/aromatic N) is 1. The van der Waals surface area contributed by atoms with Crippen molar-refractivity contribution in [2.45, 2.75) is 52.6 Å². The molecule has 0 fully saturated rings. The predicted octanol–water partition coefficient (Wildman–Crippen LogP) is 4.23. The van der Waals surface area contributed by atoms with E-state index in [1.165, 1.54) is 24.1 Å². The summed E-state index contributed by atoms with van der Waals surface area (Å²) in [5.41, 5.74) is 2.62. The zero-order valence-corrected chi connectivity index (χ0v) is 13.4. The zero-order chi connectivity index (χ0) is 14.4. The minimum Gasteiger partial charge on any atom is -0.378 e. The Hall–Kier alpha value is -1.02. The summed E-state index contributed by atoms with van der Waals surface area (Å²) in [4.78, 5) is 2.13. The Morgan fingerprint density at radius 1 is 0.947 bits per heavy atom. The number of rotatable bonds is 7. The average Bonchev–Trinajstić information content (AvgIpc) is 2.36. The highest BCUT2D eigenvalue weighted by molar-refractivity contribution is 5.46. The summed E-state index contributed by atoms with van der Waals surface area (Å²) in [6, 6.07) is 9.81. The number of anilines is 1. The fraction of sp³-hybridized carbons (Fsp3) is 0.647. The summed E-state index contributed by atoms with van der Waals surface area (Å²) in [6.45, 7) is 9.11. The molecule has 2 heteroatoms. The Bertz CT molecular complexity index is 354. The van der Waals surface area contributed by atoms with E-state index in [2.05, 4.69) is 76.3 Å². The van der Waals surface area contributed by atoms with Gasteiger partial charge in [0.2, 0.25) is 0 Å². The van der Waals surface area contributed by atoms with Gasteiger partial charge in [-0.25, -0.2) is 0 Å². The van der Waals surface area contributed by atoms with Crippen LogP contribution in [0, 0.1) is 5.92 Å². The van der Waals surface area contributed by atoms with Crippen molar-refractivity contribution < 1.29 is 0 Å². The van der Waals surface area contributed by atoms with Gasteiger partial charge in [-0.05, 0) is 50.3 Å². The molecular formula is C17H30N2. The van der Waals surface area contributed by atoms with Gasteiger partial charge in [-0.2, -0.15) is 0 Å². The minimum absolute atomic E-state index is 0.415. The molecule has 0 saturated carbocycles. The maximum atomic E-state index is 3.69. The fourth-order valence-electron chi connectivity index (χ4n) is 2.25. The molecule has 1 rings (SSSR count). The van der Waals surface area contributed by atoms with Crippen LogP contribution >= 0.6 is 0 Å². The average molecular weight is 262 g/mol. The molecule has 0 radical (unpaired) electrons. The summed E-state index contributed by atoms with van der Waals surface area (Å²) in [7, 11) is 4.15. The van der Waals surface area contributed by atoms with E-state index in [0.29, 0.717) is 12.1 Å². The summed E-state index contributed by atoms with van der Waals surface area (Å²) in [5, 5.41) is 3.69. The zero-order valence-electron chi connectivity index (χ0n) is 13.4. The van der Waals surface area contributed by atoms with Crippen LogP contribution in [0.3, 0.4) is 0 Å². The van der Waals surface area contributed by atoms with E-state index < -0.39 is 0 Å². The van der Waals surface area contributed by atoms with Crippen molar-refractivity contribution in [1.29, 1.82) is 0 Å². The van der Waals surface area contributed by atoms with E-state index >= 15 is 0 Å². The predicted molar refractivity (Wildman–Crippen MR) is 85.9 cm³/mol. The van der Waals surface area contributed by atoms with Crippen molar-refractivity contribution >= 4 is 5.69 Å². The van der Waals surface area contributed by atoms with Crippen LogP contribution in [0.15, 0.2) is 24.3 Å². The first-order valence-corrected chi connectivity index (χ1v) is 7.43. The van der Waals surface area contributed by atoms with Gasteiger partial charge in [0.25, 0.3) is 0 Å². The standard InChI is InChI=1S/C17H30N2/c1-13(2)7-8-14(3)18-15(4)16-9-11-17(12-10-16)19(5)6/h9-15,18H,7-8H2,1-6H3. The molecule has 0 aliphatic carbocycles. The molecule has 0 aromatic heterocycles. The summed E-state index contributed by atoms with van der Waals surface area (Å²) in [6.07, 6.45) is 2.54. The molecule has 1 aromatic carbocycles. The second-order valence-electron chi connectivity index (χ2n) is 6.25. The summed E-state index contributed by atoms with van der Waals surface area (Å²) < 4.78 is 0. The quantitative estimate of drug-likeness (QED) is 0.791. The number of nitrogens with one attached hydrogen (secondary N) is 1. The Balaban J connectivity index is 2.50. The lowest BCUT2D eigenvalue weighted by Crippen LogP contribution is -2.29. The molecule has 0 bridgehead atoms. The highest BCUT2D eigenvalue weighted by Crippen LogP contribution is 2.19. The van der Waals surface area contributed by atoms with Gasteiger partial charge in [-0.15, -0.1) is 0 Å². The molecule has 2 atom stereocenters. The summed E-state index contributed by atoms with van der Waals surface area (Å²) >= 11 is 0. The first-order valence-electron chi connectivity index (χ1n) is 7.43. The van der Waals surface area contributed by atoms with E-state index in [1.807, 2.05) is 0 Å². The third kappa shape index (κ3) is 5.65. The second kappa shape index (κ2) is 7.54. The molecule has 0 aliphatic rings. The molecule has 1 aromatic rings. The molecular weight excluding hydrogens is 232 g/mol. The highest BCUT2D eigenvalue weighted by atomic mass is 15.1. The monoisotopic (exact) mass is 262 g/mol. The van der Waals surface area contributed by atoms with Gasteiger partial charge < -0.3 is 10.2 Å². The van der Waals surface area contributed by atoms with E-state index in [1.54, 1.807) is 0 Å². The van der Waals surface area contributed by atoms with Crippen LogP contribution in [0.25, 0.3) is 0 Å². The molecule has 0 spiro atoms. The number of hydrogen-bond acceptors (Lipinski definition) is 2. The van der Waals surface area contributed by atoms with Crippen molar-refractivity contribution in [1.82, 2.24) is 5.32 Å². The largest absolute Gasteiger partial charge is 0.378 e. The lowest BCUT2D eigenvalue weighted by molar-refractivity contribution is 0.417. The third-order valence-corrected chi connectivity index (χ3v) is 3.62. The maximum absolute atomic E-state index is 3.69. The van der Waals surface area contributed by atoms with Crippen LogP contribution in [0.1, 0.15) is 52.1 Å². The number of benzene rings is 1. The molecule has 2 unspecified atom stereocenters. The van der Waals surface area contributed by atoms with Crippen LogP contribution < -0.4 is 10.2 Å². The van der Waals surface area contributed by atoms with Crippen LogP contribution in [-0.4, -0.2) is 20.1 Å². The normalized spacial score (nSPS) is 14.5. The van der Waals surface area contributed by atoms with Crippen molar-refractivity contribution in [3.63, 3.8) is 0 Å². The lowest BCUT2D eigenvalue weighted by Gasteiger charge is -2.22. The van der Waals surface area contributed by atoms with Gasteiger partial charge in [0, 0.05) is 31.9 Å². The minimum atomic E-state index is 0.415. The van der Waals surface area contributed by atoms with Crippen molar-refractivity contribution in [3.05, 3.63) is 29.8 Å². The highest BCUT2D eigenvalue weighted by Gasteiger charge is 2.10. The Kier molecular flexibility index (Phi) is 6.36. The van der Waals surface area contributed by atoms with Gasteiger partial charge in [0.15, 0.2) is 0 Å². The van der Waals surface area contributed by atoms with Crippen LogP contribution in [0.5, 0.6) is 0 Å². The van der Waals surface area contributed by atoms with Crippen LogP contribution in [-0.2, 0) is 0 Å². The Morgan fingerprint density at radius 3 is 2.00 bits per heavy atom. The van der Waals surface area contributed by atoms with E-state index in [9.17, 15) is 0 Å². The van der Waals surface area contributed by atoms with Gasteiger partial charge in [0.05, 0.1) is 0 Å². The topological polar surface area (TPSA) is 15.3 Å². The molecule has 0 heterocycles. The molecule has 1 N–H and O–H groups in total. The van der Waals surface area contributed by atoms with Crippen molar-refractivity contribution in [3.8, 4) is 0 Å². The molecule has 2 nitrogen and oxygen atoms in total. The first-order chi connectivity index (χ1) is 8.90. The van der Waals surface area contributed by atoms with E-state index in [0.717, 1.165) is 5.92 Å². The molecule has 19 heavy (non-hydrogen) atoms. The molecule has 0 aliphatic heterocycles. The van der Waals surface area contributed by atoms with Gasteiger partial charge in [-0.3, -0.25) is 0 Å². The third-order valence-electron chi connectivity index (χ3n) is 3.62. The maximum Gasteiger partial charge on any atom is 0.0361 e. The van der Waals surface area contributed by atoms with Crippen molar-refractivity contribution in [2.24, 2.45) is 5.92 Å². The van der Waals surface area contributed by atoms with E-state index in [4.69, 9.17) is 0 Å². The lowest BCUT2D eigenvalue weighted by atomic mass is 10.0. The van der Waals surface area contributed by atoms with Gasteiger partial charge in [0.1, 0.15) is 0 Å². The van der Waals surface area contributed by atoms with Gasteiger partial charge >= 0.3 is 0 Å². The number of hydrogen-bond donors (Lipinski definition) is 1. The molecule has 0 amide bonds. The van der Waals surface area contributed by atoms with Crippen LogP contribution in [0.4, 0.5) is 5.69 Å². The van der Waals surface area contributed by atoms with Crippen LogP contribution in [0.2, 0.25) is 0 Å². The first kappa shape index (κ1) is 16.0. The Morgan fingerprint density at radius 2 is 1.53 bits per heavy atom. The molecule has 108 valence electrons. The van der Waals surface area contributed by atoms with Crippen molar-refractivity contribution in [2.75, 3.05) is 19.0 Å². The molecule has 0 saturated heterocycles. The van der Waals surface area contributed by atoms with E-state index in [-0.39, 0.29) is 0 Å².